The highest BCUT2D eigenvalue weighted by Crippen LogP contribution is 2.30. The third-order valence-corrected chi connectivity index (χ3v) is 4.56. The van der Waals surface area contributed by atoms with Gasteiger partial charge in [0.1, 0.15) is 0 Å². The maximum atomic E-state index is 5.56. The molecular formula is C15H29NO. The van der Waals surface area contributed by atoms with Crippen molar-refractivity contribution in [1.82, 2.24) is 5.32 Å². The lowest BCUT2D eigenvalue weighted by Crippen LogP contribution is -2.38. The molecule has 1 aliphatic carbocycles. The smallest absolute Gasteiger partial charge is 0.0510 e. The molecular weight excluding hydrogens is 210 g/mol. The molecule has 2 unspecified atom stereocenters. The van der Waals surface area contributed by atoms with Crippen molar-refractivity contribution in [2.24, 2.45) is 11.8 Å². The van der Waals surface area contributed by atoms with E-state index in [0.29, 0.717) is 6.04 Å². The molecule has 100 valence electrons. The molecule has 1 aliphatic heterocycles. The lowest BCUT2D eigenvalue weighted by atomic mass is 9.86. The van der Waals surface area contributed by atoms with Gasteiger partial charge in [0, 0.05) is 12.6 Å². The highest BCUT2D eigenvalue weighted by Gasteiger charge is 2.27. The van der Waals surface area contributed by atoms with Crippen LogP contribution < -0.4 is 5.32 Å². The predicted octanol–water partition coefficient (Wildman–Crippen LogP) is 3.36. The van der Waals surface area contributed by atoms with Crippen molar-refractivity contribution >= 4 is 0 Å². The van der Waals surface area contributed by atoms with Gasteiger partial charge in [-0.25, -0.2) is 0 Å². The summed E-state index contributed by atoms with van der Waals surface area (Å²) in [6.45, 7) is 5.31. The third-order valence-electron chi connectivity index (χ3n) is 4.56. The van der Waals surface area contributed by atoms with Crippen LogP contribution in [0.4, 0.5) is 0 Å². The van der Waals surface area contributed by atoms with Gasteiger partial charge in [-0.15, -0.1) is 0 Å². The molecule has 0 aromatic rings. The van der Waals surface area contributed by atoms with Gasteiger partial charge in [0.2, 0.25) is 0 Å². The minimum atomic E-state index is 0.714. The molecule has 17 heavy (non-hydrogen) atoms. The van der Waals surface area contributed by atoms with E-state index in [1.54, 1.807) is 0 Å². The summed E-state index contributed by atoms with van der Waals surface area (Å²) in [6.07, 6.45) is 11.5. The van der Waals surface area contributed by atoms with E-state index in [1.807, 2.05) is 0 Å². The molecule has 2 heteroatoms. The first-order valence-corrected chi connectivity index (χ1v) is 7.71. The molecule has 0 amide bonds. The fourth-order valence-corrected chi connectivity index (χ4v) is 3.53. The number of hydrogen-bond acceptors (Lipinski definition) is 2. The Morgan fingerprint density at radius 1 is 1.12 bits per heavy atom. The van der Waals surface area contributed by atoms with Crippen LogP contribution in [0.15, 0.2) is 0 Å². The first-order chi connectivity index (χ1) is 8.40. The van der Waals surface area contributed by atoms with Gasteiger partial charge in [-0.3, -0.25) is 0 Å². The number of rotatable bonds is 5. The van der Waals surface area contributed by atoms with E-state index in [1.165, 1.54) is 51.4 Å². The monoisotopic (exact) mass is 239 g/mol. The molecule has 1 N–H and O–H groups in total. The zero-order valence-corrected chi connectivity index (χ0v) is 11.4. The fraction of sp³-hybridized carbons (Fsp3) is 1.00. The van der Waals surface area contributed by atoms with E-state index >= 15 is 0 Å². The summed E-state index contributed by atoms with van der Waals surface area (Å²) in [7, 11) is 0. The number of hydrogen-bond donors (Lipinski definition) is 1. The SMILES string of the molecule is CCNC(CC1CCCCCC1)C1CCOC1. The Hall–Kier alpha value is -0.0800. The Morgan fingerprint density at radius 3 is 2.47 bits per heavy atom. The molecule has 0 radical (unpaired) electrons. The lowest BCUT2D eigenvalue weighted by Gasteiger charge is -2.27. The standard InChI is InChI=1S/C15H29NO/c1-2-16-15(14-9-10-17-12-14)11-13-7-5-3-4-6-8-13/h13-16H,2-12H2,1H3. The summed E-state index contributed by atoms with van der Waals surface area (Å²) in [6, 6.07) is 0.714. The van der Waals surface area contributed by atoms with Gasteiger partial charge in [-0.1, -0.05) is 45.4 Å². The molecule has 1 saturated heterocycles. The second-order valence-corrected chi connectivity index (χ2v) is 5.88. The summed E-state index contributed by atoms with van der Waals surface area (Å²) < 4.78 is 5.56. The fourth-order valence-electron chi connectivity index (χ4n) is 3.53. The van der Waals surface area contributed by atoms with Crippen LogP contribution in [0.25, 0.3) is 0 Å². The molecule has 0 spiro atoms. The third kappa shape index (κ3) is 4.26. The van der Waals surface area contributed by atoms with Gasteiger partial charge in [-0.2, -0.15) is 0 Å². The maximum Gasteiger partial charge on any atom is 0.0510 e. The Bertz CT molecular complexity index is 193. The largest absolute Gasteiger partial charge is 0.381 e. The van der Waals surface area contributed by atoms with Gasteiger partial charge in [0.05, 0.1) is 6.61 Å². The zero-order valence-electron chi connectivity index (χ0n) is 11.4. The van der Waals surface area contributed by atoms with E-state index in [2.05, 4.69) is 12.2 Å². The van der Waals surface area contributed by atoms with Crippen LogP contribution in [-0.4, -0.2) is 25.8 Å². The van der Waals surface area contributed by atoms with Crippen LogP contribution in [0.2, 0.25) is 0 Å². The van der Waals surface area contributed by atoms with Crippen LogP contribution in [-0.2, 0) is 4.74 Å². The molecule has 0 bridgehead atoms. The Morgan fingerprint density at radius 2 is 1.88 bits per heavy atom. The van der Waals surface area contributed by atoms with Crippen molar-refractivity contribution in [2.45, 2.75) is 64.3 Å². The normalized spacial score (nSPS) is 29.1. The Balaban J connectivity index is 1.82. The van der Waals surface area contributed by atoms with Crippen LogP contribution in [0.1, 0.15) is 58.3 Å². The molecule has 1 heterocycles. The topological polar surface area (TPSA) is 21.3 Å². The van der Waals surface area contributed by atoms with Crippen molar-refractivity contribution in [3.05, 3.63) is 0 Å². The van der Waals surface area contributed by atoms with Crippen LogP contribution >= 0.6 is 0 Å². The summed E-state index contributed by atoms with van der Waals surface area (Å²) in [4.78, 5) is 0. The maximum absolute atomic E-state index is 5.56. The number of ether oxygens (including phenoxy) is 1. The Labute approximate surface area is 107 Å². The van der Waals surface area contributed by atoms with E-state index in [-0.39, 0.29) is 0 Å². The zero-order chi connectivity index (χ0) is 11.9. The van der Waals surface area contributed by atoms with Crippen LogP contribution in [0, 0.1) is 11.8 Å². The van der Waals surface area contributed by atoms with Crippen LogP contribution in [0.5, 0.6) is 0 Å². The molecule has 2 atom stereocenters. The van der Waals surface area contributed by atoms with Crippen LogP contribution in [0.3, 0.4) is 0 Å². The number of nitrogens with one attached hydrogen (secondary N) is 1. The van der Waals surface area contributed by atoms with Gasteiger partial charge < -0.3 is 10.1 Å². The molecule has 2 aliphatic rings. The van der Waals surface area contributed by atoms with E-state index < -0.39 is 0 Å². The molecule has 0 aromatic heterocycles. The molecule has 1 saturated carbocycles. The van der Waals surface area contributed by atoms with Gasteiger partial charge in [0.15, 0.2) is 0 Å². The summed E-state index contributed by atoms with van der Waals surface area (Å²) in [5, 5.41) is 3.71. The second-order valence-electron chi connectivity index (χ2n) is 5.88. The van der Waals surface area contributed by atoms with E-state index in [0.717, 1.165) is 31.6 Å². The first kappa shape index (κ1) is 13.4. The summed E-state index contributed by atoms with van der Waals surface area (Å²) >= 11 is 0. The minimum Gasteiger partial charge on any atom is -0.381 e. The van der Waals surface area contributed by atoms with Crippen molar-refractivity contribution < 1.29 is 4.74 Å². The average molecular weight is 239 g/mol. The second kappa shape index (κ2) is 7.38. The molecule has 2 nitrogen and oxygen atoms in total. The average Bonchev–Trinajstić information content (AvgIpc) is 2.75. The van der Waals surface area contributed by atoms with E-state index in [9.17, 15) is 0 Å². The van der Waals surface area contributed by atoms with Crippen molar-refractivity contribution in [3.63, 3.8) is 0 Å². The highest BCUT2D eigenvalue weighted by molar-refractivity contribution is 4.82. The first-order valence-electron chi connectivity index (χ1n) is 7.71. The van der Waals surface area contributed by atoms with Crippen molar-refractivity contribution in [1.29, 1.82) is 0 Å². The summed E-state index contributed by atoms with van der Waals surface area (Å²) in [5.41, 5.74) is 0. The van der Waals surface area contributed by atoms with E-state index in [4.69, 9.17) is 4.74 Å². The minimum absolute atomic E-state index is 0.714. The predicted molar refractivity (Wildman–Crippen MR) is 72.2 cm³/mol. The highest BCUT2D eigenvalue weighted by atomic mass is 16.5. The molecule has 2 rings (SSSR count). The van der Waals surface area contributed by atoms with Crippen molar-refractivity contribution in [3.8, 4) is 0 Å². The Kier molecular flexibility index (Phi) is 5.79. The van der Waals surface area contributed by atoms with Gasteiger partial charge in [-0.05, 0) is 31.2 Å². The van der Waals surface area contributed by atoms with Gasteiger partial charge >= 0.3 is 0 Å². The van der Waals surface area contributed by atoms with Gasteiger partial charge in [0.25, 0.3) is 0 Å². The molecule has 0 aromatic carbocycles. The lowest BCUT2D eigenvalue weighted by molar-refractivity contribution is 0.171. The summed E-state index contributed by atoms with van der Waals surface area (Å²) in [5.74, 6) is 1.75. The quantitative estimate of drug-likeness (QED) is 0.743. The molecule has 2 fully saturated rings. The van der Waals surface area contributed by atoms with Crippen molar-refractivity contribution in [2.75, 3.05) is 19.8 Å².